The van der Waals surface area contributed by atoms with Crippen LogP contribution in [0.15, 0.2) is 0 Å². The molecular weight excluding hydrogens is 336 g/mol. The van der Waals surface area contributed by atoms with E-state index in [9.17, 15) is 9.59 Å². The summed E-state index contributed by atoms with van der Waals surface area (Å²) >= 11 is 1.42. The van der Waals surface area contributed by atoms with Gasteiger partial charge in [-0.3, -0.25) is 9.59 Å². The number of carbonyl (C=O) groups is 2. The number of thiophene rings is 1. The maximum Gasteiger partial charge on any atom is 0.251 e. The lowest BCUT2D eigenvalue weighted by Gasteiger charge is -2.41. The summed E-state index contributed by atoms with van der Waals surface area (Å²) in [6, 6.07) is 0. The van der Waals surface area contributed by atoms with Crippen molar-refractivity contribution >= 4 is 28.2 Å². The molecule has 3 rings (SSSR count). The fourth-order valence-electron chi connectivity index (χ4n) is 3.86. The number of fused-ring (bicyclic) bond motifs is 1. The van der Waals surface area contributed by atoms with E-state index in [1.165, 1.54) is 24.2 Å². The summed E-state index contributed by atoms with van der Waals surface area (Å²) in [5.74, 6) is 0.0937. The zero-order valence-electron chi connectivity index (χ0n) is 15.7. The minimum atomic E-state index is -0.519. The molecule has 1 aromatic heterocycles. The van der Waals surface area contributed by atoms with Gasteiger partial charge in [-0.15, -0.1) is 11.3 Å². The van der Waals surface area contributed by atoms with Gasteiger partial charge in [-0.1, -0.05) is 19.8 Å². The highest BCUT2D eigenvalue weighted by Crippen LogP contribution is 2.48. The van der Waals surface area contributed by atoms with Crippen LogP contribution in [0.5, 0.6) is 0 Å². The lowest BCUT2D eigenvalue weighted by molar-refractivity contribution is -0.135. The summed E-state index contributed by atoms with van der Waals surface area (Å²) in [5, 5.41) is 3.54. The second kappa shape index (κ2) is 6.09. The molecule has 2 amide bonds. The van der Waals surface area contributed by atoms with Crippen molar-refractivity contribution in [2.75, 3.05) is 5.32 Å². The third-order valence-electron chi connectivity index (χ3n) is 5.00. The van der Waals surface area contributed by atoms with E-state index in [1.54, 1.807) is 0 Å². The molecule has 1 atom stereocenters. The van der Waals surface area contributed by atoms with Crippen molar-refractivity contribution in [2.24, 2.45) is 17.6 Å². The topological polar surface area (TPSA) is 81.4 Å². The lowest BCUT2D eigenvalue weighted by atomic mass is 9.86. The van der Waals surface area contributed by atoms with E-state index in [0.29, 0.717) is 22.9 Å². The highest BCUT2D eigenvalue weighted by molar-refractivity contribution is 7.17. The molecule has 0 bridgehead atoms. The average Bonchev–Trinajstić information content (AvgIpc) is 3.17. The second-order valence-corrected chi connectivity index (χ2v) is 9.62. The summed E-state index contributed by atoms with van der Waals surface area (Å²) in [5.41, 5.74) is 6.15. The van der Waals surface area contributed by atoms with Crippen LogP contribution < -0.4 is 11.1 Å². The van der Waals surface area contributed by atoms with Gasteiger partial charge >= 0.3 is 0 Å². The Morgan fingerprint density at radius 1 is 1.32 bits per heavy atom. The SMILES string of the molecule is CC(CC1CC1)C(=O)Nc1sc2c(c1C(N)=O)CC(C)(C)OC2(C)C. The number of anilines is 1. The Morgan fingerprint density at radius 2 is 1.96 bits per heavy atom. The van der Waals surface area contributed by atoms with Gasteiger partial charge in [-0.25, -0.2) is 0 Å². The predicted octanol–water partition coefficient (Wildman–Crippen LogP) is 3.81. The van der Waals surface area contributed by atoms with E-state index in [2.05, 4.69) is 5.32 Å². The van der Waals surface area contributed by atoms with Crippen LogP contribution in [0.2, 0.25) is 0 Å². The van der Waals surface area contributed by atoms with E-state index < -0.39 is 11.5 Å². The Hall–Kier alpha value is -1.40. The molecule has 0 radical (unpaired) electrons. The number of hydrogen-bond acceptors (Lipinski definition) is 4. The smallest absolute Gasteiger partial charge is 0.251 e. The average molecular weight is 365 g/mol. The van der Waals surface area contributed by atoms with Crippen molar-refractivity contribution < 1.29 is 14.3 Å². The first-order valence-corrected chi connectivity index (χ1v) is 9.79. The minimum absolute atomic E-state index is 0.0361. The second-order valence-electron chi connectivity index (χ2n) is 8.60. The van der Waals surface area contributed by atoms with Crippen molar-refractivity contribution in [1.82, 2.24) is 0 Å². The highest BCUT2D eigenvalue weighted by Gasteiger charge is 2.43. The number of rotatable bonds is 5. The number of amides is 2. The van der Waals surface area contributed by atoms with Crippen LogP contribution in [0, 0.1) is 11.8 Å². The number of primary amides is 1. The highest BCUT2D eigenvalue weighted by atomic mass is 32.1. The van der Waals surface area contributed by atoms with Gasteiger partial charge in [0, 0.05) is 17.2 Å². The molecule has 1 unspecified atom stereocenters. The molecule has 1 aliphatic heterocycles. The standard InChI is InChI=1S/C19H28N2O3S/c1-10(8-11-6-7-11)16(23)21-17-13(15(20)22)12-9-18(2,3)24-19(4,5)14(12)25-17/h10-11H,6-9H2,1-5H3,(H2,20,22)(H,21,23). The predicted molar refractivity (Wildman–Crippen MR) is 99.9 cm³/mol. The fourth-order valence-corrected chi connectivity index (χ4v) is 5.13. The molecule has 0 saturated heterocycles. The summed E-state index contributed by atoms with van der Waals surface area (Å²) in [4.78, 5) is 25.7. The molecule has 0 aromatic carbocycles. The normalized spacial score (nSPS) is 22.1. The van der Waals surface area contributed by atoms with Crippen LogP contribution in [0.25, 0.3) is 0 Å². The van der Waals surface area contributed by atoms with Crippen LogP contribution in [0.1, 0.15) is 74.7 Å². The van der Waals surface area contributed by atoms with Gasteiger partial charge in [0.05, 0.1) is 16.8 Å². The molecule has 2 heterocycles. The summed E-state index contributed by atoms with van der Waals surface area (Å²) in [6.45, 7) is 9.96. The Balaban J connectivity index is 1.93. The van der Waals surface area contributed by atoms with E-state index in [4.69, 9.17) is 10.5 Å². The summed E-state index contributed by atoms with van der Waals surface area (Å²) < 4.78 is 6.19. The molecule has 25 heavy (non-hydrogen) atoms. The molecule has 138 valence electrons. The molecule has 0 spiro atoms. The first-order chi connectivity index (χ1) is 11.5. The van der Waals surface area contributed by atoms with Gasteiger partial charge in [0.1, 0.15) is 5.00 Å². The van der Waals surface area contributed by atoms with E-state index in [0.717, 1.165) is 16.9 Å². The molecule has 6 heteroatoms. The van der Waals surface area contributed by atoms with Gasteiger partial charge < -0.3 is 15.8 Å². The maximum atomic E-state index is 12.6. The Bertz CT molecular complexity index is 716. The quantitative estimate of drug-likeness (QED) is 0.833. The first kappa shape index (κ1) is 18.4. The van der Waals surface area contributed by atoms with Crippen molar-refractivity contribution in [3.05, 3.63) is 16.0 Å². The molecule has 1 saturated carbocycles. The third kappa shape index (κ3) is 3.75. The van der Waals surface area contributed by atoms with Crippen LogP contribution >= 0.6 is 11.3 Å². The molecule has 5 nitrogen and oxygen atoms in total. The number of nitrogens with two attached hydrogens (primary N) is 1. The summed E-state index contributed by atoms with van der Waals surface area (Å²) in [7, 11) is 0. The number of ether oxygens (including phenoxy) is 1. The molecular formula is C19H28N2O3S. The molecule has 1 aromatic rings. The van der Waals surface area contributed by atoms with Crippen molar-refractivity contribution in [1.29, 1.82) is 0 Å². The van der Waals surface area contributed by atoms with Crippen molar-refractivity contribution in [2.45, 2.75) is 71.5 Å². The van der Waals surface area contributed by atoms with E-state index >= 15 is 0 Å². The van der Waals surface area contributed by atoms with Gasteiger partial charge in [0.25, 0.3) is 5.91 Å². The minimum Gasteiger partial charge on any atom is -0.365 e. The maximum absolute atomic E-state index is 12.6. The molecule has 3 N–H and O–H groups in total. The van der Waals surface area contributed by atoms with Crippen LogP contribution in [-0.2, 0) is 21.6 Å². The van der Waals surface area contributed by atoms with Gasteiger partial charge in [0.2, 0.25) is 5.91 Å². The van der Waals surface area contributed by atoms with Crippen molar-refractivity contribution in [3.8, 4) is 0 Å². The van der Waals surface area contributed by atoms with E-state index in [1.807, 2.05) is 34.6 Å². The zero-order chi connectivity index (χ0) is 18.6. The lowest BCUT2D eigenvalue weighted by Crippen LogP contribution is -2.42. The third-order valence-corrected chi connectivity index (χ3v) is 6.45. The molecule has 2 aliphatic rings. The van der Waals surface area contributed by atoms with Gasteiger partial charge in [0.15, 0.2) is 0 Å². The van der Waals surface area contributed by atoms with Gasteiger partial charge in [-0.2, -0.15) is 0 Å². The number of carbonyl (C=O) groups excluding carboxylic acids is 2. The zero-order valence-corrected chi connectivity index (χ0v) is 16.5. The first-order valence-electron chi connectivity index (χ1n) is 8.97. The largest absolute Gasteiger partial charge is 0.365 e. The fraction of sp³-hybridized carbons (Fsp3) is 0.684. The molecule has 1 fully saturated rings. The van der Waals surface area contributed by atoms with Crippen molar-refractivity contribution in [3.63, 3.8) is 0 Å². The Labute approximate surface area is 153 Å². The molecule has 1 aliphatic carbocycles. The Morgan fingerprint density at radius 3 is 2.52 bits per heavy atom. The number of hydrogen-bond donors (Lipinski definition) is 2. The van der Waals surface area contributed by atoms with E-state index in [-0.39, 0.29) is 17.4 Å². The summed E-state index contributed by atoms with van der Waals surface area (Å²) in [6.07, 6.45) is 3.95. The number of nitrogens with one attached hydrogen (secondary N) is 1. The van der Waals surface area contributed by atoms with Gasteiger partial charge in [-0.05, 0) is 45.6 Å². The van der Waals surface area contributed by atoms with Crippen LogP contribution in [0.4, 0.5) is 5.00 Å². The monoisotopic (exact) mass is 364 g/mol. The Kier molecular flexibility index (Phi) is 4.48. The van der Waals surface area contributed by atoms with Crippen LogP contribution in [-0.4, -0.2) is 17.4 Å². The van der Waals surface area contributed by atoms with Crippen LogP contribution in [0.3, 0.4) is 0 Å².